The fourth-order valence-corrected chi connectivity index (χ4v) is 2.18. The van der Waals surface area contributed by atoms with Crippen molar-refractivity contribution in [1.29, 1.82) is 0 Å². The molecule has 0 radical (unpaired) electrons. The maximum absolute atomic E-state index is 12.2. The van der Waals surface area contributed by atoms with E-state index in [0.717, 1.165) is 23.3 Å². The molecule has 1 aromatic rings. The van der Waals surface area contributed by atoms with Crippen LogP contribution in [0.4, 0.5) is 0 Å². The molecule has 2 rings (SSSR count). The number of hydrogen-bond acceptors (Lipinski definition) is 2. The summed E-state index contributed by atoms with van der Waals surface area (Å²) in [5.41, 5.74) is 1.46. The van der Waals surface area contributed by atoms with Crippen molar-refractivity contribution >= 4 is 5.78 Å². The van der Waals surface area contributed by atoms with E-state index >= 15 is 0 Å². The van der Waals surface area contributed by atoms with E-state index in [1.807, 2.05) is 39.0 Å². The Morgan fingerprint density at radius 2 is 1.94 bits per heavy atom. The van der Waals surface area contributed by atoms with Crippen LogP contribution in [0.3, 0.4) is 0 Å². The van der Waals surface area contributed by atoms with Crippen LogP contribution >= 0.6 is 0 Å². The summed E-state index contributed by atoms with van der Waals surface area (Å²) in [5.74, 6) is 1.10. The van der Waals surface area contributed by atoms with Gasteiger partial charge in [-0.25, -0.2) is 0 Å². The van der Waals surface area contributed by atoms with Crippen molar-refractivity contribution in [3.63, 3.8) is 0 Å². The SMILES string of the molecule is CC1(C)Cc2cc(C(=O)C(C)(C)C)ccc2O1. The zero-order valence-corrected chi connectivity index (χ0v) is 11.3. The molecular formula is C15H20O2. The molecule has 0 aromatic heterocycles. The molecule has 0 amide bonds. The molecule has 1 aromatic carbocycles. The van der Waals surface area contributed by atoms with E-state index in [1.54, 1.807) is 0 Å². The summed E-state index contributed by atoms with van der Waals surface area (Å²) in [6.45, 7) is 9.98. The summed E-state index contributed by atoms with van der Waals surface area (Å²) in [5, 5.41) is 0. The number of Topliss-reactive ketones (excluding diaryl/α,β-unsaturated/α-hetero) is 1. The minimum Gasteiger partial charge on any atom is -0.487 e. The molecule has 0 bridgehead atoms. The molecule has 17 heavy (non-hydrogen) atoms. The fraction of sp³-hybridized carbons (Fsp3) is 0.533. The van der Waals surface area contributed by atoms with Gasteiger partial charge in [0.2, 0.25) is 0 Å². The van der Waals surface area contributed by atoms with Crippen LogP contribution in [0.5, 0.6) is 5.75 Å². The predicted molar refractivity (Wildman–Crippen MR) is 68.6 cm³/mol. The summed E-state index contributed by atoms with van der Waals surface area (Å²) in [6.07, 6.45) is 0.869. The number of carbonyl (C=O) groups excluding carboxylic acids is 1. The second-order valence-electron chi connectivity index (χ2n) is 6.44. The summed E-state index contributed by atoms with van der Waals surface area (Å²) in [6, 6.07) is 5.77. The molecule has 92 valence electrons. The van der Waals surface area contributed by atoms with Crippen molar-refractivity contribution in [2.75, 3.05) is 0 Å². The average Bonchev–Trinajstić information content (AvgIpc) is 2.47. The average molecular weight is 232 g/mol. The Morgan fingerprint density at radius 3 is 2.53 bits per heavy atom. The van der Waals surface area contributed by atoms with Gasteiger partial charge in [0.15, 0.2) is 5.78 Å². The molecule has 2 nitrogen and oxygen atoms in total. The third-order valence-electron chi connectivity index (χ3n) is 3.01. The van der Waals surface area contributed by atoms with E-state index in [4.69, 9.17) is 4.74 Å². The molecule has 0 fully saturated rings. The third-order valence-corrected chi connectivity index (χ3v) is 3.01. The van der Waals surface area contributed by atoms with Crippen molar-refractivity contribution in [3.05, 3.63) is 29.3 Å². The van der Waals surface area contributed by atoms with Crippen LogP contribution in [-0.2, 0) is 6.42 Å². The van der Waals surface area contributed by atoms with Crippen molar-refractivity contribution in [1.82, 2.24) is 0 Å². The molecule has 1 aliphatic heterocycles. The van der Waals surface area contributed by atoms with Crippen molar-refractivity contribution < 1.29 is 9.53 Å². The van der Waals surface area contributed by atoms with Crippen molar-refractivity contribution in [2.45, 2.75) is 46.6 Å². The molecule has 0 N–H and O–H groups in total. The zero-order valence-electron chi connectivity index (χ0n) is 11.3. The molecule has 0 saturated heterocycles. The summed E-state index contributed by atoms with van der Waals surface area (Å²) >= 11 is 0. The van der Waals surface area contributed by atoms with Crippen LogP contribution in [0.2, 0.25) is 0 Å². The maximum atomic E-state index is 12.2. The molecular weight excluding hydrogens is 212 g/mol. The first-order valence-electron chi connectivity index (χ1n) is 6.06. The summed E-state index contributed by atoms with van der Waals surface area (Å²) in [4.78, 5) is 12.2. The van der Waals surface area contributed by atoms with Crippen molar-refractivity contribution in [2.24, 2.45) is 5.41 Å². The number of ketones is 1. The highest BCUT2D eigenvalue weighted by atomic mass is 16.5. The quantitative estimate of drug-likeness (QED) is 0.691. The van der Waals surface area contributed by atoms with Gasteiger partial charge in [-0.05, 0) is 37.6 Å². The second kappa shape index (κ2) is 3.59. The molecule has 2 heteroatoms. The summed E-state index contributed by atoms with van der Waals surface area (Å²) in [7, 11) is 0. The van der Waals surface area contributed by atoms with E-state index in [2.05, 4.69) is 13.8 Å². The largest absolute Gasteiger partial charge is 0.487 e. The van der Waals surface area contributed by atoms with Crippen molar-refractivity contribution in [3.8, 4) is 5.75 Å². The topological polar surface area (TPSA) is 26.3 Å². The van der Waals surface area contributed by atoms with Gasteiger partial charge in [0, 0.05) is 17.4 Å². The molecule has 0 saturated carbocycles. The first-order valence-corrected chi connectivity index (χ1v) is 6.06. The van der Waals surface area contributed by atoms with Crippen LogP contribution in [0.25, 0.3) is 0 Å². The van der Waals surface area contributed by atoms with E-state index in [-0.39, 0.29) is 16.8 Å². The van der Waals surface area contributed by atoms with E-state index in [0.29, 0.717) is 0 Å². The van der Waals surface area contributed by atoms with Crippen LogP contribution in [0, 0.1) is 5.41 Å². The normalized spacial score (nSPS) is 17.5. The molecule has 1 heterocycles. The third kappa shape index (κ3) is 2.36. The van der Waals surface area contributed by atoms with Crippen LogP contribution in [-0.4, -0.2) is 11.4 Å². The van der Waals surface area contributed by atoms with E-state index < -0.39 is 0 Å². The minimum atomic E-state index is -0.330. The Morgan fingerprint density at radius 1 is 1.29 bits per heavy atom. The van der Waals surface area contributed by atoms with Gasteiger partial charge in [0.25, 0.3) is 0 Å². The highest BCUT2D eigenvalue weighted by Gasteiger charge is 2.31. The van der Waals surface area contributed by atoms with Gasteiger partial charge >= 0.3 is 0 Å². The Hall–Kier alpha value is -1.31. The highest BCUT2D eigenvalue weighted by molar-refractivity contribution is 6.00. The first kappa shape index (κ1) is 12.2. The van der Waals surface area contributed by atoms with Gasteiger partial charge in [-0.15, -0.1) is 0 Å². The Labute approximate surface area is 103 Å². The van der Waals surface area contributed by atoms with Gasteiger partial charge in [0.05, 0.1) is 0 Å². The van der Waals surface area contributed by atoms with Crippen LogP contribution in [0.1, 0.15) is 50.5 Å². The number of carbonyl (C=O) groups is 1. The Kier molecular flexibility index (Phi) is 2.57. The zero-order chi connectivity index (χ0) is 12.8. The molecule has 1 aliphatic rings. The Bertz CT molecular complexity index is 464. The van der Waals surface area contributed by atoms with E-state index in [9.17, 15) is 4.79 Å². The van der Waals surface area contributed by atoms with Gasteiger partial charge < -0.3 is 4.74 Å². The number of rotatable bonds is 1. The number of fused-ring (bicyclic) bond motifs is 1. The van der Waals surface area contributed by atoms with Gasteiger partial charge in [-0.2, -0.15) is 0 Å². The number of benzene rings is 1. The lowest BCUT2D eigenvalue weighted by molar-refractivity contribution is 0.0858. The van der Waals surface area contributed by atoms with Gasteiger partial charge in [-0.3, -0.25) is 4.79 Å². The second-order valence-corrected chi connectivity index (χ2v) is 6.44. The lowest BCUT2D eigenvalue weighted by Gasteiger charge is -2.17. The van der Waals surface area contributed by atoms with E-state index in [1.165, 1.54) is 0 Å². The van der Waals surface area contributed by atoms with Gasteiger partial charge in [0.1, 0.15) is 11.4 Å². The standard InChI is InChI=1S/C15H20O2/c1-14(2,3)13(16)10-6-7-12-11(8-10)9-15(4,5)17-12/h6-8H,9H2,1-5H3. The molecule has 0 atom stereocenters. The predicted octanol–water partition coefficient (Wildman–Crippen LogP) is 3.63. The molecule has 0 spiro atoms. The molecule has 0 aliphatic carbocycles. The minimum absolute atomic E-state index is 0.147. The Balaban J connectivity index is 2.35. The lowest BCUT2D eigenvalue weighted by Crippen LogP contribution is -2.24. The fourth-order valence-electron chi connectivity index (χ4n) is 2.18. The summed E-state index contributed by atoms with van der Waals surface area (Å²) < 4.78 is 5.80. The monoisotopic (exact) mass is 232 g/mol. The smallest absolute Gasteiger partial charge is 0.168 e. The highest BCUT2D eigenvalue weighted by Crippen LogP contribution is 2.36. The van der Waals surface area contributed by atoms with Gasteiger partial charge in [-0.1, -0.05) is 20.8 Å². The number of ether oxygens (including phenoxy) is 1. The lowest BCUT2D eigenvalue weighted by atomic mass is 9.85. The van der Waals surface area contributed by atoms with Crippen LogP contribution < -0.4 is 4.74 Å². The first-order chi connectivity index (χ1) is 7.69. The number of hydrogen-bond donors (Lipinski definition) is 0. The van der Waals surface area contributed by atoms with Crippen LogP contribution in [0.15, 0.2) is 18.2 Å². The maximum Gasteiger partial charge on any atom is 0.168 e. The molecule has 0 unspecified atom stereocenters.